The summed E-state index contributed by atoms with van der Waals surface area (Å²) in [6.45, 7) is 9.47. The fourth-order valence-corrected chi connectivity index (χ4v) is 1.41. The monoisotopic (exact) mass is 239 g/mol. The topological polar surface area (TPSA) is 46.6 Å². The summed E-state index contributed by atoms with van der Waals surface area (Å²) in [5.74, 6) is 0.280. The summed E-state index contributed by atoms with van der Waals surface area (Å²) in [7, 11) is 0. The van der Waals surface area contributed by atoms with Crippen LogP contribution in [0.1, 0.15) is 33.6 Å². The second-order valence-corrected chi connectivity index (χ2v) is 5.39. The molecule has 1 aliphatic carbocycles. The number of carbonyl (C=O) groups is 2. The molecular formula is C13H21NO3. The highest BCUT2D eigenvalue weighted by atomic mass is 16.6. The van der Waals surface area contributed by atoms with Gasteiger partial charge in [-0.05, 0) is 33.6 Å². The van der Waals surface area contributed by atoms with Gasteiger partial charge in [0.25, 0.3) is 0 Å². The highest BCUT2D eigenvalue weighted by Crippen LogP contribution is 2.30. The number of Topliss-reactive ketones (excluding diaryl/α,β-unsaturated/α-hetero) is 1. The Morgan fingerprint density at radius 2 is 2.00 bits per heavy atom. The molecule has 1 aliphatic rings. The summed E-state index contributed by atoms with van der Waals surface area (Å²) in [5.41, 5.74) is -0.543. The summed E-state index contributed by atoms with van der Waals surface area (Å²) in [6, 6.07) is 0. The molecule has 0 bridgehead atoms. The van der Waals surface area contributed by atoms with E-state index in [1.165, 1.54) is 4.90 Å². The first-order valence-corrected chi connectivity index (χ1v) is 5.95. The van der Waals surface area contributed by atoms with Crippen molar-refractivity contribution in [2.45, 2.75) is 39.2 Å². The Bertz CT molecular complexity index is 313. The molecule has 4 nitrogen and oxygen atoms in total. The van der Waals surface area contributed by atoms with Crippen LogP contribution in [0.3, 0.4) is 0 Å². The van der Waals surface area contributed by atoms with Gasteiger partial charge in [0.15, 0.2) is 5.78 Å². The van der Waals surface area contributed by atoms with Crippen molar-refractivity contribution in [3.63, 3.8) is 0 Å². The molecule has 1 saturated carbocycles. The maximum Gasteiger partial charge on any atom is 0.410 e. The molecule has 1 rings (SSSR count). The Morgan fingerprint density at radius 1 is 1.41 bits per heavy atom. The van der Waals surface area contributed by atoms with Crippen molar-refractivity contribution in [2.75, 3.05) is 13.1 Å². The number of ketones is 1. The van der Waals surface area contributed by atoms with Crippen LogP contribution >= 0.6 is 0 Å². The summed E-state index contributed by atoms with van der Waals surface area (Å²) >= 11 is 0. The lowest BCUT2D eigenvalue weighted by Crippen LogP contribution is -2.40. The van der Waals surface area contributed by atoms with Crippen LogP contribution < -0.4 is 0 Å². The summed E-state index contributed by atoms with van der Waals surface area (Å²) < 4.78 is 5.24. The van der Waals surface area contributed by atoms with Gasteiger partial charge in [0.05, 0.1) is 6.54 Å². The molecule has 0 aromatic heterocycles. The lowest BCUT2D eigenvalue weighted by Gasteiger charge is -2.26. The van der Waals surface area contributed by atoms with Gasteiger partial charge in [-0.1, -0.05) is 6.08 Å². The van der Waals surface area contributed by atoms with E-state index in [9.17, 15) is 9.59 Å². The SMILES string of the molecule is C=CCN(CC(=O)C1CC1)C(=O)OC(C)(C)C. The number of hydrogen-bond donors (Lipinski definition) is 0. The van der Waals surface area contributed by atoms with E-state index in [1.54, 1.807) is 26.8 Å². The molecule has 0 atom stereocenters. The van der Waals surface area contributed by atoms with Gasteiger partial charge in [-0.25, -0.2) is 4.79 Å². The van der Waals surface area contributed by atoms with E-state index in [-0.39, 0.29) is 18.2 Å². The minimum absolute atomic E-state index is 0.123. The van der Waals surface area contributed by atoms with Crippen molar-refractivity contribution in [3.8, 4) is 0 Å². The molecule has 0 N–H and O–H groups in total. The van der Waals surface area contributed by atoms with Crippen LogP contribution in [-0.4, -0.2) is 35.5 Å². The minimum Gasteiger partial charge on any atom is -0.444 e. The van der Waals surface area contributed by atoms with E-state index < -0.39 is 11.7 Å². The predicted octanol–water partition coefficient (Wildman–Crippen LogP) is 2.39. The highest BCUT2D eigenvalue weighted by molar-refractivity contribution is 5.87. The van der Waals surface area contributed by atoms with Crippen molar-refractivity contribution in [1.29, 1.82) is 0 Å². The Morgan fingerprint density at radius 3 is 2.41 bits per heavy atom. The van der Waals surface area contributed by atoms with Crippen LogP contribution in [0.25, 0.3) is 0 Å². The second-order valence-electron chi connectivity index (χ2n) is 5.39. The van der Waals surface area contributed by atoms with Gasteiger partial charge in [-0.3, -0.25) is 9.69 Å². The first-order valence-electron chi connectivity index (χ1n) is 5.95. The third-order valence-electron chi connectivity index (χ3n) is 2.38. The number of amides is 1. The van der Waals surface area contributed by atoms with Crippen LogP contribution in [0.5, 0.6) is 0 Å². The van der Waals surface area contributed by atoms with Crippen molar-refractivity contribution < 1.29 is 14.3 Å². The van der Waals surface area contributed by atoms with Crippen LogP contribution in [0.15, 0.2) is 12.7 Å². The molecule has 17 heavy (non-hydrogen) atoms. The van der Waals surface area contributed by atoms with Crippen LogP contribution in [0.2, 0.25) is 0 Å². The first kappa shape index (κ1) is 13.7. The molecule has 1 amide bonds. The zero-order valence-electron chi connectivity index (χ0n) is 10.9. The second kappa shape index (κ2) is 5.34. The third kappa shape index (κ3) is 5.02. The Labute approximate surface area is 103 Å². The third-order valence-corrected chi connectivity index (χ3v) is 2.38. The number of carbonyl (C=O) groups excluding carboxylic acids is 2. The average Bonchev–Trinajstić information content (AvgIpc) is 2.97. The van der Waals surface area contributed by atoms with Crippen molar-refractivity contribution in [2.24, 2.45) is 5.92 Å². The maximum absolute atomic E-state index is 11.8. The maximum atomic E-state index is 11.8. The van der Waals surface area contributed by atoms with Crippen molar-refractivity contribution in [1.82, 2.24) is 4.90 Å². The number of hydrogen-bond acceptors (Lipinski definition) is 3. The van der Waals surface area contributed by atoms with E-state index in [1.807, 2.05) is 0 Å². The molecule has 1 fully saturated rings. The van der Waals surface area contributed by atoms with Gasteiger partial charge < -0.3 is 4.74 Å². The van der Waals surface area contributed by atoms with Gasteiger partial charge in [0, 0.05) is 12.5 Å². The number of nitrogens with zero attached hydrogens (tertiary/aromatic N) is 1. The molecule has 0 aliphatic heterocycles. The molecule has 0 unspecified atom stereocenters. The standard InChI is InChI=1S/C13H21NO3/c1-5-8-14(9-11(15)10-6-7-10)12(16)17-13(2,3)4/h5,10H,1,6-9H2,2-4H3. The summed E-state index contributed by atoms with van der Waals surface area (Å²) in [4.78, 5) is 24.9. The van der Waals surface area contributed by atoms with E-state index in [2.05, 4.69) is 6.58 Å². The van der Waals surface area contributed by atoms with Gasteiger partial charge >= 0.3 is 6.09 Å². The Balaban J connectivity index is 2.54. The van der Waals surface area contributed by atoms with E-state index in [0.29, 0.717) is 6.54 Å². The van der Waals surface area contributed by atoms with Gasteiger partial charge in [-0.15, -0.1) is 6.58 Å². The molecule has 0 heterocycles. The summed E-state index contributed by atoms with van der Waals surface area (Å²) in [5, 5.41) is 0. The molecule has 0 aromatic carbocycles. The van der Waals surface area contributed by atoms with E-state index in [0.717, 1.165) is 12.8 Å². The highest BCUT2D eigenvalue weighted by Gasteiger charge is 2.32. The predicted molar refractivity (Wildman–Crippen MR) is 65.7 cm³/mol. The minimum atomic E-state index is -0.543. The number of rotatable bonds is 5. The number of ether oxygens (including phenoxy) is 1. The molecule has 96 valence electrons. The smallest absolute Gasteiger partial charge is 0.410 e. The fraction of sp³-hybridized carbons (Fsp3) is 0.692. The Hall–Kier alpha value is -1.32. The first-order chi connectivity index (χ1) is 7.83. The molecule has 0 radical (unpaired) electrons. The molecule has 4 heteroatoms. The van der Waals surface area contributed by atoms with Gasteiger partial charge in [0.1, 0.15) is 5.60 Å². The lowest BCUT2D eigenvalue weighted by atomic mass is 10.2. The largest absolute Gasteiger partial charge is 0.444 e. The molecule has 0 spiro atoms. The van der Waals surface area contributed by atoms with E-state index in [4.69, 9.17) is 4.74 Å². The van der Waals surface area contributed by atoms with E-state index >= 15 is 0 Å². The summed E-state index contributed by atoms with van der Waals surface area (Å²) in [6.07, 6.45) is 3.06. The van der Waals surface area contributed by atoms with Crippen molar-refractivity contribution >= 4 is 11.9 Å². The van der Waals surface area contributed by atoms with Crippen LogP contribution in [0, 0.1) is 5.92 Å². The average molecular weight is 239 g/mol. The van der Waals surface area contributed by atoms with Gasteiger partial charge in [0.2, 0.25) is 0 Å². The van der Waals surface area contributed by atoms with Crippen molar-refractivity contribution in [3.05, 3.63) is 12.7 Å². The quantitative estimate of drug-likeness (QED) is 0.692. The Kier molecular flexibility index (Phi) is 4.32. The van der Waals surface area contributed by atoms with Gasteiger partial charge in [-0.2, -0.15) is 0 Å². The van der Waals surface area contributed by atoms with Crippen LogP contribution in [-0.2, 0) is 9.53 Å². The fourth-order valence-electron chi connectivity index (χ4n) is 1.41. The zero-order valence-corrected chi connectivity index (χ0v) is 10.9. The zero-order chi connectivity index (χ0) is 13.1. The lowest BCUT2D eigenvalue weighted by molar-refractivity contribution is -0.121. The van der Waals surface area contributed by atoms with Crippen LogP contribution in [0.4, 0.5) is 4.79 Å². The molecular weight excluding hydrogens is 218 g/mol. The normalized spacial score (nSPS) is 15.2. The molecule has 0 aromatic rings. The molecule has 0 saturated heterocycles.